The summed E-state index contributed by atoms with van der Waals surface area (Å²) in [5, 5.41) is 14.7. The van der Waals surface area contributed by atoms with E-state index < -0.39 is 21.0 Å². The lowest BCUT2D eigenvalue weighted by Crippen LogP contribution is -2.37. The monoisotopic (exact) mass is 275 g/mol. The van der Waals surface area contributed by atoms with Gasteiger partial charge in [-0.2, -0.15) is 9.40 Å². The van der Waals surface area contributed by atoms with Gasteiger partial charge in [-0.1, -0.05) is 6.92 Å². The van der Waals surface area contributed by atoms with Crippen LogP contribution >= 0.6 is 0 Å². The van der Waals surface area contributed by atoms with Crippen molar-refractivity contribution in [3.05, 3.63) is 11.3 Å². The van der Waals surface area contributed by atoms with E-state index in [1.165, 1.54) is 11.2 Å². The summed E-state index contributed by atoms with van der Waals surface area (Å²) < 4.78 is 25.9. The first kappa shape index (κ1) is 14.7. The van der Waals surface area contributed by atoms with Gasteiger partial charge in [0.05, 0.1) is 0 Å². The second kappa shape index (κ2) is 5.07. The lowest BCUT2D eigenvalue weighted by atomic mass is 10.3. The molecule has 0 spiro atoms. The maximum Gasteiger partial charge on any atom is 0.340 e. The van der Waals surface area contributed by atoms with Crippen molar-refractivity contribution in [2.75, 3.05) is 6.54 Å². The Hall–Kier alpha value is -1.41. The third-order valence-corrected chi connectivity index (χ3v) is 4.65. The smallest absolute Gasteiger partial charge is 0.340 e. The number of nitrogens with zero attached hydrogens (tertiary/aromatic N) is 2. The molecule has 0 fully saturated rings. The van der Waals surface area contributed by atoms with Gasteiger partial charge in [-0.05, 0) is 20.8 Å². The van der Waals surface area contributed by atoms with Gasteiger partial charge in [0.1, 0.15) is 5.56 Å². The number of hydrogen-bond acceptors (Lipinski definition) is 4. The lowest BCUT2D eigenvalue weighted by molar-refractivity contribution is 0.0691. The van der Waals surface area contributed by atoms with Gasteiger partial charge < -0.3 is 5.11 Å². The molecule has 0 saturated heterocycles. The van der Waals surface area contributed by atoms with Gasteiger partial charge >= 0.3 is 5.97 Å². The van der Waals surface area contributed by atoms with Crippen LogP contribution in [0.5, 0.6) is 0 Å². The van der Waals surface area contributed by atoms with Crippen molar-refractivity contribution in [1.29, 1.82) is 0 Å². The van der Waals surface area contributed by atoms with Crippen LogP contribution in [0.3, 0.4) is 0 Å². The highest BCUT2D eigenvalue weighted by Crippen LogP contribution is 2.21. The van der Waals surface area contributed by atoms with Gasteiger partial charge in [-0.15, -0.1) is 0 Å². The van der Waals surface area contributed by atoms with Crippen molar-refractivity contribution < 1.29 is 18.3 Å². The van der Waals surface area contributed by atoms with Gasteiger partial charge in [0.2, 0.25) is 5.03 Å². The van der Waals surface area contributed by atoms with Crippen LogP contribution in [0, 0.1) is 6.92 Å². The fourth-order valence-corrected chi connectivity index (χ4v) is 3.55. The van der Waals surface area contributed by atoms with E-state index in [0.29, 0.717) is 0 Å². The Morgan fingerprint density at radius 2 is 2.06 bits per heavy atom. The maximum atomic E-state index is 12.3. The standard InChI is InChI=1S/C10H17N3O4S/c1-5-13(6(2)3)18(16,17)9-8(10(14)15)7(4)11-12-9/h6H,5H2,1-4H3,(H,11,12)(H,14,15). The fraction of sp³-hybridized carbons (Fsp3) is 0.600. The van der Waals surface area contributed by atoms with E-state index in [1.54, 1.807) is 20.8 Å². The van der Waals surface area contributed by atoms with Crippen LogP contribution in [0.4, 0.5) is 0 Å². The quantitative estimate of drug-likeness (QED) is 0.828. The zero-order valence-electron chi connectivity index (χ0n) is 10.8. The number of aryl methyl sites for hydroxylation is 1. The Bertz CT molecular complexity index is 547. The van der Waals surface area contributed by atoms with Crippen LogP contribution in [-0.2, 0) is 10.0 Å². The Morgan fingerprint density at radius 3 is 2.44 bits per heavy atom. The summed E-state index contributed by atoms with van der Waals surface area (Å²) in [5.41, 5.74) is -0.0741. The zero-order chi connectivity index (χ0) is 14.1. The molecule has 8 heteroatoms. The second-order valence-electron chi connectivity index (χ2n) is 4.14. The number of carbonyl (C=O) groups is 1. The van der Waals surface area contributed by atoms with Crippen LogP contribution in [0.2, 0.25) is 0 Å². The summed E-state index contributed by atoms with van der Waals surface area (Å²) in [6.07, 6.45) is 0. The fourth-order valence-electron chi connectivity index (χ4n) is 1.77. The van der Waals surface area contributed by atoms with Crippen LogP contribution in [0.25, 0.3) is 0 Å². The summed E-state index contributed by atoms with van der Waals surface area (Å²) >= 11 is 0. The summed E-state index contributed by atoms with van der Waals surface area (Å²) in [6.45, 7) is 6.87. The van der Waals surface area contributed by atoms with E-state index in [9.17, 15) is 13.2 Å². The second-order valence-corrected chi connectivity index (χ2v) is 5.94. The van der Waals surface area contributed by atoms with Crippen LogP contribution in [-0.4, -0.2) is 46.6 Å². The average Bonchev–Trinajstić information content (AvgIpc) is 2.60. The summed E-state index contributed by atoms with van der Waals surface area (Å²) in [7, 11) is -3.90. The molecule has 1 aromatic rings. The van der Waals surface area contributed by atoms with Crippen molar-refractivity contribution in [2.24, 2.45) is 0 Å². The van der Waals surface area contributed by atoms with Gasteiger partial charge in [0.25, 0.3) is 10.0 Å². The van der Waals surface area contributed by atoms with Crippen molar-refractivity contribution in [2.45, 2.75) is 38.8 Å². The highest BCUT2D eigenvalue weighted by Gasteiger charge is 2.33. The number of H-pyrrole nitrogens is 1. The average molecular weight is 275 g/mol. The van der Waals surface area contributed by atoms with E-state index in [4.69, 9.17) is 5.11 Å². The molecule has 0 saturated carbocycles. The van der Waals surface area contributed by atoms with Crippen molar-refractivity contribution in [1.82, 2.24) is 14.5 Å². The lowest BCUT2D eigenvalue weighted by Gasteiger charge is -2.23. The highest BCUT2D eigenvalue weighted by atomic mass is 32.2. The number of aromatic carboxylic acids is 1. The van der Waals surface area contributed by atoms with Crippen molar-refractivity contribution >= 4 is 16.0 Å². The minimum absolute atomic E-state index is 0.223. The molecule has 0 atom stereocenters. The van der Waals surface area contributed by atoms with Crippen molar-refractivity contribution in [3.8, 4) is 0 Å². The third kappa shape index (κ3) is 2.39. The predicted octanol–water partition coefficient (Wildman–Crippen LogP) is 0.835. The minimum atomic E-state index is -3.90. The molecular formula is C10H17N3O4S. The van der Waals surface area contributed by atoms with Crippen molar-refractivity contribution in [3.63, 3.8) is 0 Å². The number of hydrogen-bond donors (Lipinski definition) is 2. The Morgan fingerprint density at radius 1 is 1.50 bits per heavy atom. The predicted molar refractivity (Wildman–Crippen MR) is 65.0 cm³/mol. The van der Waals surface area contributed by atoms with E-state index in [1.807, 2.05) is 0 Å². The zero-order valence-corrected chi connectivity index (χ0v) is 11.6. The molecule has 0 aromatic carbocycles. The number of carboxylic acid groups (broad SMARTS) is 1. The van der Waals surface area contributed by atoms with E-state index in [0.717, 1.165) is 0 Å². The molecule has 0 radical (unpaired) electrons. The summed E-state index contributed by atoms with van der Waals surface area (Å²) in [4.78, 5) is 11.1. The maximum absolute atomic E-state index is 12.3. The van der Waals surface area contributed by atoms with Crippen LogP contribution in [0.15, 0.2) is 5.03 Å². The first-order valence-electron chi connectivity index (χ1n) is 5.53. The highest BCUT2D eigenvalue weighted by molar-refractivity contribution is 7.89. The van der Waals surface area contributed by atoms with Gasteiger partial charge in [0.15, 0.2) is 0 Å². The minimum Gasteiger partial charge on any atom is -0.478 e. The molecular weight excluding hydrogens is 258 g/mol. The number of sulfonamides is 1. The first-order chi connectivity index (χ1) is 8.23. The van der Waals surface area contributed by atoms with E-state index in [2.05, 4.69) is 10.2 Å². The summed E-state index contributed by atoms with van der Waals surface area (Å²) in [6, 6.07) is -0.265. The Balaban J connectivity index is 3.42. The third-order valence-electron chi connectivity index (χ3n) is 2.57. The molecule has 1 aromatic heterocycles. The normalized spacial score (nSPS) is 12.3. The van der Waals surface area contributed by atoms with Gasteiger partial charge in [0, 0.05) is 18.3 Å². The largest absolute Gasteiger partial charge is 0.478 e. The first-order valence-corrected chi connectivity index (χ1v) is 6.97. The molecule has 0 aliphatic heterocycles. The molecule has 7 nitrogen and oxygen atoms in total. The number of nitrogens with one attached hydrogen (secondary N) is 1. The molecule has 2 N–H and O–H groups in total. The summed E-state index contributed by atoms with van der Waals surface area (Å²) in [5.74, 6) is -1.31. The van der Waals surface area contributed by atoms with E-state index in [-0.39, 0.29) is 23.8 Å². The molecule has 0 bridgehead atoms. The molecule has 0 unspecified atom stereocenters. The van der Waals surface area contributed by atoms with Crippen LogP contribution in [0.1, 0.15) is 36.8 Å². The Labute approximate surface area is 106 Å². The molecule has 102 valence electrons. The molecule has 1 rings (SSSR count). The molecule has 0 aliphatic carbocycles. The Kier molecular flexibility index (Phi) is 4.12. The van der Waals surface area contributed by atoms with Gasteiger partial charge in [-0.3, -0.25) is 5.10 Å². The molecule has 0 aliphatic rings. The molecule has 1 heterocycles. The SMILES string of the molecule is CCN(C(C)C)S(=O)(=O)c1n[nH]c(C)c1C(=O)O. The van der Waals surface area contributed by atoms with Gasteiger partial charge in [-0.25, -0.2) is 13.2 Å². The molecule has 0 amide bonds. The van der Waals surface area contributed by atoms with Crippen LogP contribution < -0.4 is 0 Å². The topological polar surface area (TPSA) is 103 Å². The number of rotatable bonds is 5. The van der Waals surface area contributed by atoms with E-state index >= 15 is 0 Å². The number of aromatic amines is 1. The number of carboxylic acids is 1. The number of aromatic nitrogens is 2. The molecule has 18 heavy (non-hydrogen) atoms.